The van der Waals surface area contributed by atoms with Crippen LogP contribution in [0.2, 0.25) is 0 Å². The van der Waals surface area contributed by atoms with Crippen molar-refractivity contribution < 1.29 is 4.74 Å². The molecule has 90 valence electrons. The predicted octanol–water partition coefficient (Wildman–Crippen LogP) is -0.890. The van der Waals surface area contributed by atoms with E-state index in [2.05, 4.69) is 29.4 Å². The fourth-order valence-electron chi connectivity index (χ4n) is 0.882. The summed E-state index contributed by atoms with van der Waals surface area (Å²) in [5, 5.41) is 3.26. The van der Waals surface area contributed by atoms with Crippen molar-refractivity contribution in [1.29, 1.82) is 0 Å². The second kappa shape index (κ2) is 23.0. The van der Waals surface area contributed by atoms with Crippen LogP contribution < -0.4 is 22.5 Å². The highest BCUT2D eigenvalue weighted by Gasteiger charge is 2.08. The van der Waals surface area contributed by atoms with Gasteiger partial charge in [-0.25, -0.2) is 0 Å². The highest BCUT2D eigenvalue weighted by Crippen LogP contribution is 1.98. The Labute approximate surface area is 88.4 Å². The van der Waals surface area contributed by atoms with Gasteiger partial charge in [0.15, 0.2) is 0 Å². The summed E-state index contributed by atoms with van der Waals surface area (Å²) in [5.41, 5.74) is 13.5. The minimum Gasteiger partial charge on any atom is -0.376 e. The van der Waals surface area contributed by atoms with E-state index in [-0.39, 0.29) is 0 Å². The predicted molar refractivity (Wildman–Crippen MR) is 63.2 cm³/mol. The highest BCUT2D eigenvalue weighted by atomic mass is 16.5. The molecule has 0 aromatic heterocycles. The van der Waals surface area contributed by atoms with Crippen molar-refractivity contribution >= 4 is 0 Å². The van der Waals surface area contributed by atoms with Crippen LogP contribution in [0.4, 0.5) is 0 Å². The Kier molecular flexibility index (Phi) is 31.9. The molecule has 1 saturated heterocycles. The number of nitrogens with one attached hydrogen (secondary N) is 1. The first-order chi connectivity index (χ1) is 6.93. The second-order valence-corrected chi connectivity index (χ2v) is 2.11. The third kappa shape index (κ3) is 14.3. The number of hydrogen-bond donors (Lipinski definition) is 4. The third-order valence-electron chi connectivity index (χ3n) is 1.46. The van der Waals surface area contributed by atoms with Crippen LogP contribution in [-0.2, 0) is 4.74 Å². The lowest BCUT2D eigenvalue weighted by Crippen LogP contribution is -2.37. The van der Waals surface area contributed by atoms with Gasteiger partial charge >= 0.3 is 0 Å². The van der Waals surface area contributed by atoms with Crippen molar-refractivity contribution in [2.75, 3.05) is 40.8 Å². The van der Waals surface area contributed by atoms with Crippen LogP contribution in [0.5, 0.6) is 0 Å². The lowest BCUT2D eigenvalue weighted by atomic mass is 10.2. The molecule has 0 aromatic rings. The van der Waals surface area contributed by atoms with Crippen molar-refractivity contribution in [1.82, 2.24) is 5.32 Å². The fourth-order valence-corrected chi connectivity index (χ4v) is 0.882. The molecule has 1 rings (SSSR count). The summed E-state index contributed by atoms with van der Waals surface area (Å²) in [6, 6.07) is 0. The van der Waals surface area contributed by atoms with Gasteiger partial charge in [-0.1, -0.05) is 6.92 Å². The van der Waals surface area contributed by atoms with Crippen molar-refractivity contribution in [2.45, 2.75) is 19.4 Å². The van der Waals surface area contributed by atoms with E-state index >= 15 is 0 Å². The number of morpholine rings is 1. The van der Waals surface area contributed by atoms with Gasteiger partial charge in [-0.2, -0.15) is 0 Å². The van der Waals surface area contributed by atoms with Gasteiger partial charge in [-0.3, -0.25) is 0 Å². The zero-order valence-electron chi connectivity index (χ0n) is 10.0. The zero-order chi connectivity index (χ0) is 11.8. The Bertz CT molecular complexity index is 67.8. The molecule has 1 atom stereocenters. The van der Waals surface area contributed by atoms with Crippen molar-refractivity contribution in [3.05, 3.63) is 0 Å². The Hall–Kier alpha value is -0.200. The summed E-state index contributed by atoms with van der Waals surface area (Å²) in [4.78, 5) is 0. The summed E-state index contributed by atoms with van der Waals surface area (Å²) < 4.78 is 5.36. The van der Waals surface area contributed by atoms with Gasteiger partial charge in [0.1, 0.15) is 0 Å². The van der Waals surface area contributed by atoms with Crippen molar-refractivity contribution in [3.63, 3.8) is 0 Å². The van der Waals surface area contributed by atoms with Crippen molar-refractivity contribution in [2.24, 2.45) is 17.2 Å². The smallest absolute Gasteiger partial charge is 0.0697 e. The number of ether oxygens (including phenoxy) is 1. The van der Waals surface area contributed by atoms with Crippen LogP contribution >= 0.6 is 0 Å². The molecule has 0 amide bonds. The normalized spacial score (nSPS) is 18.6. The molecule has 14 heavy (non-hydrogen) atoms. The second-order valence-electron chi connectivity index (χ2n) is 2.11. The maximum Gasteiger partial charge on any atom is 0.0697 e. The summed E-state index contributed by atoms with van der Waals surface area (Å²) >= 11 is 0. The molecule has 0 saturated carbocycles. The SMILES string of the molecule is CCC1CNCCO1.CN.CN.CN. The van der Waals surface area contributed by atoms with E-state index in [1.807, 2.05) is 0 Å². The van der Waals surface area contributed by atoms with E-state index in [0.29, 0.717) is 6.10 Å². The molecule has 1 aliphatic rings. The van der Waals surface area contributed by atoms with Gasteiger partial charge in [-0.05, 0) is 27.6 Å². The third-order valence-corrected chi connectivity index (χ3v) is 1.46. The maximum absolute atomic E-state index is 5.36. The molecule has 0 aromatic carbocycles. The molecule has 7 N–H and O–H groups in total. The van der Waals surface area contributed by atoms with E-state index in [9.17, 15) is 0 Å². The van der Waals surface area contributed by atoms with Gasteiger partial charge in [0.05, 0.1) is 12.7 Å². The quantitative estimate of drug-likeness (QED) is 0.448. The summed E-state index contributed by atoms with van der Waals surface area (Å²) in [7, 11) is 4.50. The Morgan fingerprint density at radius 2 is 1.64 bits per heavy atom. The Balaban J connectivity index is -0.000000174. The van der Waals surface area contributed by atoms with Gasteiger partial charge < -0.3 is 27.3 Å². The average Bonchev–Trinajstić information content (AvgIpc) is 2.37. The maximum atomic E-state index is 5.36. The van der Waals surface area contributed by atoms with Crippen LogP contribution in [0.1, 0.15) is 13.3 Å². The average molecular weight is 208 g/mol. The van der Waals surface area contributed by atoms with Gasteiger partial charge in [0.2, 0.25) is 0 Å². The minimum absolute atomic E-state index is 0.476. The topological polar surface area (TPSA) is 99.3 Å². The van der Waals surface area contributed by atoms with E-state index in [1.165, 1.54) is 21.1 Å². The van der Waals surface area contributed by atoms with E-state index < -0.39 is 0 Å². The zero-order valence-corrected chi connectivity index (χ0v) is 10.0. The molecule has 0 aliphatic carbocycles. The largest absolute Gasteiger partial charge is 0.376 e. The summed E-state index contributed by atoms with van der Waals surface area (Å²) in [5.74, 6) is 0. The molecule has 5 heteroatoms. The molecular weight excluding hydrogens is 180 g/mol. The number of nitrogens with two attached hydrogens (primary N) is 3. The first-order valence-electron chi connectivity index (χ1n) is 4.99. The van der Waals surface area contributed by atoms with Crippen LogP contribution in [-0.4, -0.2) is 46.9 Å². The molecule has 1 unspecified atom stereocenters. The number of hydrogen-bond acceptors (Lipinski definition) is 5. The lowest BCUT2D eigenvalue weighted by Gasteiger charge is -2.21. The molecular formula is C9H28N4O. The van der Waals surface area contributed by atoms with Crippen LogP contribution in [0.25, 0.3) is 0 Å². The first kappa shape index (κ1) is 19.4. The molecule has 1 heterocycles. The number of rotatable bonds is 1. The van der Waals surface area contributed by atoms with Gasteiger partial charge in [0.25, 0.3) is 0 Å². The molecule has 5 nitrogen and oxygen atoms in total. The minimum atomic E-state index is 0.476. The standard InChI is InChI=1S/C6H13NO.3CH5N/c1-2-6-5-7-3-4-8-6;3*1-2/h6-7H,2-5H2,1H3;3*2H2,1H3. The van der Waals surface area contributed by atoms with Gasteiger partial charge in [0, 0.05) is 13.1 Å². The lowest BCUT2D eigenvalue weighted by molar-refractivity contribution is 0.0267. The first-order valence-corrected chi connectivity index (χ1v) is 4.99. The van der Waals surface area contributed by atoms with E-state index in [4.69, 9.17) is 4.74 Å². The molecule has 0 radical (unpaired) electrons. The molecule has 0 spiro atoms. The van der Waals surface area contributed by atoms with Crippen LogP contribution in [0.3, 0.4) is 0 Å². The Morgan fingerprint density at radius 3 is 1.86 bits per heavy atom. The van der Waals surface area contributed by atoms with E-state index in [0.717, 1.165) is 26.1 Å². The molecule has 1 fully saturated rings. The highest BCUT2D eigenvalue weighted by molar-refractivity contribution is 4.63. The van der Waals surface area contributed by atoms with Crippen molar-refractivity contribution in [3.8, 4) is 0 Å². The molecule has 1 aliphatic heterocycles. The molecule has 0 bridgehead atoms. The summed E-state index contributed by atoms with van der Waals surface area (Å²) in [6.45, 7) is 5.10. The van der Waals surface area contributed by atoms with Gasteiger partial charge in [-0.15, -0.1) is 0 Å². The van der Waals surface area contributed by atoms with Crippen LogP contribution in [0.15, 0.2) is 0 Å². The monoisotopic (exact) mass is 208 g/mol. The van der Waals surface area contributed by atoms with E-state index in [1.54, 1.807) is 0 Å². The summed E-state index contributed by atoms with van der Waals surface area (Å²) in [6.07, 6.45) is 1.61. The Morgan fingerprint density at radius 1 is 1.14 bits per heavy atom. The van der Waals surface area contributed by atoms with Crippen LogP contribution in [0, 0.1) is 0 Å². The fraction of sp³-hybridized carbons (Fsp3) is 1.00.